The van der Waals surface area contributed by atoms with Crippen molar-refractivity contribution in [1.82, 2.24) is 20.2 Å². The van der Waals surface area contributed by atoms with Crippen LogP contribution in [0.15, 0.2) is 41.7 Å². The summed E-state index contributed by atoms with van der Waals surface area (Å²) in [5.74, 6) is -1.00. The molecule has 0 atom stereocenters. The van der Waals surface area contributed by atoms with Crippen molar-refractivity contribution in [3.8, 4) is 0 Å². The lowest BCUT2D eigenvalue weighted by Gasteiger charge is -2.12. The molecule has 0 aromatic carbocycles. The van der Waals surface area contributed by atoms with Crippen molar-refractivity contribution in [1.29, 1.82) is 0 Å². The standard InChI is InChI=1S/C19H22N4O4/c1-4-26-19(25)15-16(24)14(27-18(15)21-8-9-23(2)3)10-12-11-22-17-13(12)6-5-7-20-17/h5-7,10-11,21H,4,8-9H2,1-3H3,(H,20,22)/b14-10-. The van der Waals surface area contributed by atoms with Crippen LogP contribution in [0.4, 0.5) is 0 Å². The molecular formula is C19H22N4O4. The lowest BCUT2D eigenvalue weighted by molar-refractivity contribution is -0.139. The summed E-state index contributed by atoms with van der Waals surface area (Å²) in [7, 11) is 3.86. The molecular weight excluding hydrogens is 348 g/mol. The van der Waals surface area contributed by atoms with Crippen molar-refractivity contribution >= 4 is 28.9 Å². The molecule has 3 rings (SSSR count). The Kier molecular flexibility index (Phi) is 5.56. The van der Waals surface area contributed by atoms with Gasteiger partial charge in [0, 0.05) is 36.4 Å². The third-order valence-electron chi connectivity index (χ3n) is 3.98. The number of aromatic amines is 1. The number of carbonyl (C=O) groups is 2. The molecule has 0 radical (unpaired) electrons. The van der Waals surface area contributed by atoms with Gasteiger partial charge in [-0.05, 0) is 39.2 Å². The summed E-state index contributed by atoms with van der Waals surface area (Å²) in [6.45, 7) is 3.09. The molecule has 142 valence electrons. The van der Waals surface area contributed by atoms with E-state index in [4.69, 9.17) is 9.47 Å². The van der Waals surface area contributed by atoms with Crippen LogP contribution in [0.3, 0.4) is 0 Å². The predicted octanol–water partition coefficient (Wildman–Crippen LogP) is 1.43. The second kappa shape index (κ2) is 8.05. The van der Waals surface area contributed by atoms with Gasteiger partial charge < -0.3 is 24.7 Å². The molecule has 0 unspecified atom stereocenters. The van der Waals surface area contributed by atoms with E-state index < -0.39 is 11.8 Å². The lowest BCUT2D eigenvalue weighted by Crippen LogP contribution is -2.27. The highest BCUT2D eigenvalue weighted by molar-refractivity contribution is 6.26. The normalized spacial score (nSPS) is 15.7. The number of nitrogens with zero attached hydrogens (tertiary/aromatic N) is 2. The molecule has 1 aliphatic rings. The van der Waals surface area contributed by atoms with Crippen LogP contribution in [-0.2, 0) is 19.1 Å². The third-order valence-corrected chi connectivity index (χ3v) is 3.98. The molecule has 0 amide bonds. The molecule has 0 spiro atoms. The minimum absolute atomic E-state index is 0.0650. The Balaban J connectivity index is 1.89. The number of esters is 1. The molecule has 2 aromatic heterocycles. The van der Waals surface area contributed by atoms with Gasteiger partial charge in [0.25, 0.3) is 0 Å². The van der Waals surface area contributed by atoms with E-state index in [2.05, 4.69) is 15.3 Å². The predicted molar refractivity (Wildman–Crippen MR) is 100 cm³/mol. The summed E-state index contributed by atoms with van der Waals surface area (Å²) in [4.78, 5) is 34.3. The average Bonchev–Trinajstić information content (AvgIpc) is 3.17. The maximum atomic E-state index is 12.8. The molecule has 0 bridgehead atoms. The number of ether oxygens (including phenoxy) is 2. The van der Waals surface area contributed by atoms with E-state index in [1.165, 1.54) is 0 Å². The molecule has 2 N–H and O–H groups in total. The Labute approximate surface area is 156 Å². The van der Waals surface area contributed by atoms with Crippen molar-refractivity contribution in [3.05, 3.63) is 47.3 Å². The van der Waals surface area contributed by atoms with Crippen LogP contribution in [0.5, 0.6) is 0 Å². The van der Waals surface area contributed by atoms with E-state index in [1.807, 2.05) is 31.1 Å². The van der Waals surface area contributed by atoms with Crippen molar-refractivity contribution < 1.29 is 19.1 Å². The fourth-order valence-electron chi connectivity index (χ4n) is 2.67. The monoisotopic (exact) mass is 370 g/mol. The number of H-pyrrole nitrogens is 1. The Morgan fingerprint density at radius 3 is 3.00 bits per heavy atom. The van der Waals surface area contributed by atoms with Crippen LogP contribution in [0, 0.1) is 0 Å². The SMILES string of the molecule is CCOC(=O)C1=C(NCCN(C)C)O/C(=C\c2c[nH]c3ncccc23)C1=O. The summed E-state index contributed by atoms with van der Waals surface area (Å²) in [5.41, 5.74) is 1.34. The van der Waals surface area contributed by atoms with E-state index in [1.54, 1.807) is 25.4 Å². The van der Waals surface area contributed by atoms with E-state index in [0.717, 1.165) is 10.9 Å². The molecule has 3 heterocycles. The number of rotatable bonds is 7. The van der Waals surface area contributed by atoms with Crippen molar-refractivity contribution in [3.63, 3.8) is 0 Å². The molecule has 0 saturated heterocycles. The molecule has 8 heteroatoms. The van der Waals surface area contributed by atoms with Crippen LogP contribution < -0.4 is 5.32 Å². The molecule has 2 aromatic rings. The highest BCUT2D eigenvalue weighted by atomic mass is 16.5. The van der Waals surface area contributed by atoms with Gasteiger partial charge in [0.2, 0.25) is 11.7 Å². The number of likely N-dealkylation sites (N-methyl/N-ethyl adjacent to an activating group) is 1. The van der Waals surface area contributed by atoms with Gasteiger partial charge in [-0.1, -0.05) is 0 Å². The zero-order valence-electron chi connectivity index (χ0n) is 15.5. The minimum Gasteiger partial charge on any atom is -0.462 e. The number of pyridine rings is 1. The Bertz CT molecular complexity index is 927. The number of allylic oxidation sites excluding steroid dienone is 1. The first-order chi connectivity index (χ1) is 13.0. The van der Waals surface area contributed by atoms with Gasteiger partial charge >= 0.3 is 5.97 Å². The highest BCUT2D eigenvalue weighted by Crippen LogP contribution is 2.28. The number of hydrogen-bond acceptors (Lipinski definition) is 7. The molecule has 8 nitrogen and oxygen atoms in total. The fourth-order valence-corrected chi connectivity index (χ4v) is 2.67. The minimum atomic E-state index is -0.696. The van der Waals surface area contributed by atoms with Crippen molar-refractivity contribution in [2.45, 2.75) is 6.92 Å². The lowest BCUT2D eigenvalue weighted by atomic mass is 10.1. The van der Waals surface area contributed by atoms with Crippen molar-refractivity contribution in [2.24, 2.45) is 0 Å². The molecule has 0 saturated carbocycles. The number of fused-ring (bicyclic) bond motifs is 1. The number of aromatic nitrogens is 2. The quantitative estimate of drug-likeness (QED) is 0.432. The first kappa shape index (κ1) is 18.7. The van der Waals surface area contributed by atoms with Crippen LogP contribution >= 0.6 is 0 Å². The largest absolute Gasteiger partial charge is 0.462 e. The third kappa shape index (κ3) is 4.01. The van der Waals surface area contributed by atoms with Crippen LogP contribution in [0.1, 0.15) is 12.5 Å². The smallest absolute Gasteiger partial charge is 0.347 e. The van der Waals surface area contributed by atoms with E-state index in [9.17, 15) is 9.59 Å². The van der Waals surface area contributed by atoms with Crippen LogP contribution in [0.2, 0.25) is 0 Å². The molecule has 0 fully saturated rings. The topological polar surface area (TPSA) is 96.6 Å². The van der Waals surface area contributed by atoms with Crippen LogP contribution in [0.25, 0.3) is 17.1 Å². The fraction of sp³-hybridized carbons (Fsp3) is 0.316. The highest BCUT2D eigenvalue weighted by Gasteiger charge is 2.36. The van der Waals surface area contributed by atoms with Crippen molar-refractivity contribution in [2.75, 3.05) is 33.8 Å². The maximum Gasteiger partial charge on any atom is 0.347 e. The molecule has 27 heavy (non-hydrogen) atoms. The summed E-state index contributed by atoms with van der Waals surface area (Å²) in [5, 5.41) is 3.87. The number of hydrogen-bond donors (Lipinski definition) is 2. The Hall–Kier alpha value is -3.13. The number of carbonyl (C=O) groups excluding carboxylic acids is 2. The van der Waals surface area contributed by atoms with Crippen LogP contribution in [-0.4, -0.2) is 60.4 Å². The second-order valence-corrected chi connectivity index (χ2v) is 6.24. The van der Waals surface area contributed by atoms with E-state index in [0.29, 0.717) is 18.7 Å². The summed E-state index contributed by atoms with van der Waals surface area (Å²) < 4.78 is 10.7. The first-order valence-corrected chi connectivity index (χ1v) is 8.67. The molecule has 0 aliphatic carbocycles. The zero-order valence-corrected chi connectivity index (χ0v) is 15.5. The van der Waals surface area contributed by atoms with Gasteiger partial charge in [0.1, 0.15) is 5.65 Å². The molecule has 1 aliphatic heterocycles. The van der Waals surface area contributed by atoms with Gasteiger partial charge in [-0.2, -0.15) is 0 Å². The number of Topliss-reactive ketones (excluding diaryl/α,β-unsaturated/α-hetero) is 1. The second-order valence-electron chi connectivity index (χ2n) is 6.24. The number of ketones is 1. The van der Waals surface area contributed by atoms with Gasteiger partial charge in [-0.25, -0.2) is 9.78 Å². The van der Waals surface area contributed by atoms with Gasteiger partial charge in [0.15, 0.2) is 11.3 Å². The zero-order chi connectivity index (χ0) is 19.4. The van der Waals surface area contributed by atoms with E-state index >= 15 is 0 Å². The van der Waals surface area contributed by atoms with Gasteiger partial charge in [-0.3, -0.25) is 4.79 Å². The summed E-state index contributed by atoms with van der Waals surface area (Å²) in [6.07, 6.45) is 5.02. The Morgan fingerprint density at radius 2 is 2.26 bits per heavy atom. The van der Waals surface area contributed by atoms with E-state index in [-0.39, 0.29) is 23.8 Å². The van der Waals surface area contributed by atoms with Gasteiger partial charge in [0.05, 0.1) is 6.61 Å². The average molecular weight is 370 g/mol. The van der Waals surface area contributed by atoms with Gasteiger partial charge in [-0.15, -0.1) is 0 Å². The number of nitrogens with one attached hydrogen (secondary N) is 2. The summed E-state index contributed by atoms with van der Waals surface area (Å²) >= 11 is 0. The maximum absolute atomic E-state index is 12.8. The Morgan fingerprint density at radius 1 is 1.44 bits per heavy atom. The summed E-state index contributed by atoms with van der Waals surface area (Å²) in [6, 6.07) is 3.70. The first-order valence-electron chi connectivity index (χ1n) is 8.67.